The molecule has 1 fully saturated rings. The molecule has 2 aromatic heterocycles. The molecule has 4 rings (SSSR count). The summed E-state index contributed by atoms with van der Waals surface area (Å²) in [5.74, 6) is 0.427. The molecule has 3 N–H and O–H groups in total. The predicted molar refractivity (Wildman–Crippen MR) is 95.3 cm³/mol. The third-order valence-corrected chi connectivity index (χ3v) is 4.26. The van der Waals surface area contributed by atoms with Gasteiger partial charge in [0, 0.05) is 53.1 Å². The van der Waals surface area contributed by atoms with Crippen LogP contribution in [0.3, 0.4) is 0 Å². The molecule has 1 saturated heterocycles. The summed E-state index contributed by atoms with van der Waals surface area (Å²) in [6.45, 7) is 0.736. The Kier molecular flexibility index (Phi) is 3.88. The highest BCUT2D eigenvalue weighted by Gasteiger charge is 2.22. The van der Waals surface area contributed by atoms with Crippen LogP contribution >= 0.6 is 22.6 Å². The minimum Gasteiger partial charge on any atom is -0.508 e. The largest absolute Gasteiger partial charge is 0.508 e. The zero-order chi connectivity index (χ0) is 16.7. The summed E-state index contributed by atoms with van der Waals surface area (Å²) in [4.78, 5) is 13.3. The normalized spacial score (nSPS) is 17.5. The fourth-order valence-corrected chi connectivity index (χ4v) is 3.24. The van der Waals surface area contributed by atoms with Crippen LogP contribution < -0.4 is 5.32 Å². The quantitative estimate of drug-likeness (QED) is 0.426. The number of phenolic OH excluding ortho intramolecular Hbond substituents is 2. The van der Waals surface area contributed by atoms with Crippen molar-refractivity contribution < 1.29 is 14.9 Å². The lowest BCUT2D eigenvalue weighted by Crippen LogP contribution is -2.07. The molecule has 124 valence electrons. The molecule has 1 atom stereocenters. The number of hydrogen-bond donors (Lipinski definition) is 3. The lowest BCUT2D eigenvalue weighted by atomic mass is 10.2. The van der Waals surface area contributed by atoms with Gasteiger partial charge in [-0.3, -0.25) is 4.57 Å². The molecular weight excluding hydrogens is 425 g/mol. The van der Waals surface area contributed by atoms with Crippen molar-refractivity contribution in [3.8, 4) is 11.5 Å². The highest BCUT2D eigenvalue weighted by Crippen LogP contribution is 2.31. The molecule has 3 aromatic rings. The molecule has 3 heterocycles. The second-order valence-electron chi connectivity index (χ2n) is 5.50. The van der Waals surface area contributed by atoms with E-state index in [2.05, 4.69) is 20.3 Å². The first-order valence-electron chi connectivity index (χ1n) is 7.42. The van der Waals surface area contributed by atoms with Crippen LogP contribution in [-0.4, -0.2) is 36.3 Å². The summed E-state index contributed by atoms with van der Waals surface area (Å²) in [5.41, 5.74) is 1.80. The van der Waals surface area contributed by atoms with Gasteiger partial charge < -0.3 is 20.3 Å². The molecule has 0 radical (unpaired) electrons. The first-order chi connectivity index (χ1) is 11.6. The molecule has 1 aromatic carbocycles. The Morgan fingerprint density at radius 2 is 2.00 bits per heavy atom. The van der Waals surface area contributed by atoms with Crippen LogP contribution in [0.25, 0.3) is 11.2 Å². The Bertz CT molecular complexity index is 887. The second kappa shape index (κ2) is 6.06. The minimum atomic E-state index is -0.0571. The summed E-state index contributed by atoms with van der Waals surface area (Å²) in [5, 5.41) is 22.3. The Morgan fingerprint density at radius 1 is 1.21 bits per heavy atom. The molecule has 0 saturated carbocycles. The van der Waals surface area contributed by atoms with Gasteiger partial charge in [-0.05, 0) is 12.8 Å². The topological polar surface area (TPSA) is 105 Å². The number of benzene rings is 1. The second-order valence-corrected chi connectivity index (χ2v) is 6.46. The van der Waals surface area contributed by atoms with E-state index < -0.39 is 0 Å². The zero-order valence-corrected chi connectivity index (χ0v) is 14.6. The van der Waals surface area contributed by atoms with E-state index in [-0.39, 0.29) is 17.7 Å². The van der Waals surface area contributed by atoms with Crippen molar-refractivity contribution in [3.05, 3.63) is 28.4 Å². The number of nitrogens with one attached hydrogen (secondary N) is 1. The van der Waals surface area contributed by atoms with E-state index in [1.54, 1.807) is 6.33 Å². The van der Waals surface area contributed by atoms with Gasteiger partial charge in [0.1, 0.15) is 17.7 Å². The third-order valence-electron chi connectivity index (χ3n) is 3.78. The molecular formula is C15H14IN5O3. The van der Waals surface area contributed by atoms with Gasteiger partial charge in [0.05, 0.1) is 6.33 Å². The zero-order valence-electron chi connectivity index (χ0n) is 12.5. The number of aromatic nitrogens is 4. The van der Waals surface area contributed by atoms with E-state index >= 15 is 0 Å². The van der Waals surface area contributed by atoms with Gasteiger partial charge in [-0.1, -0.05) is 0 Å². The fraction of sp³-hybridized carbons (Fsp3) is 0.267. The third kappa shape index (κ3) is 2.84. The van der Waals surface area contributed by atoms with Crippen LogP contribution in [0, 0.1) is 3.83 Å². The average Bonchev–Trinajstić information content (AvgIpc) is 3.14. The number of imidazole rings is 1. The Hall–Kier alpha value is -2.14. The predicted octanol–water partition coefficient (Wildman–Crippen LogP) is 2.89. The summed E-state index contributed by atoms with van der Waals surface area (Å²) in [7, 11) is 0. The molecule has 0 spiro atoms. The van der Waals surface area contributed by atoms with Crippen molar-refractivity contribution in [1.82, 2.24) is 19.5 Å². The van der Waals surface area contributed by atoms with E-state index in [0.29, 0.717) is 26.5 Å². The fourth-order valence-electron chi connectivity index (χ4n) is 2.77. The van der Waals surface area contributed by atoms with Gasteiger partial charge >= 0.3 is 0 Å². The monoisotopic (exact) mass is 439 g/mol. The number of nitrogens with zero attached hydrogens (tertiary/aromatic N) is 4. The van der Waals surface area contributed by atoms with Crippen molar-refractivity contribution in [2.45, 2.75) is 19.1 Å². The van der Waals surface area contributed by atoms with E-state index in [0.717, 1.165) is 19.4 Å². The highest BCUT2D eigenvalue weighted by atomic mass is 127. The molecule has 1 unspecified atom stereocenters. The van der Waals surface area contributed by atoms with Gasteiger partial charge in [-0.15, -0.1) is 0 Å². The highest BCUT2D eigenvalue weighted by molar-refractivity contribution is 14.1. The van der Waals surface area contributed by atoms with Crippen molar-refractivity contribution in [3.63, 3.8) is 0 Å². The Labute approximate surface area is 150 Å². The number of aromatic hydroxyl groups is 2. The smallest absolute Gasteiger partial charge is 0.194 e. The number of fused-ring (bicyclic) bond motifs is 1. The first-order valence-corrected chi connectivity index (χ1v) is 8.50. The molecule has 1 aliphatic heterocycles. The lowest BCUT2D eigenvalue weighted by molar-refractivity contribution is 0.0592. The standard InChI is InChI=1S/C15H14IN5O3/c16-15-19-13(18-8-4-9(22)6-10(23)5-8)12-14(20-15)21(7-17-12)11-2-1-3-24-11/h4-7,11,22-23H,1-3H2,(H,18,19,20). The van der Waals surface area contributed by atoms with E-state index in [1.807, 2.05) is 27.2 Å². The van der Waals surface area contributed by atoms with Crippen LogP contribution in [0.2, 0.25) is 0 Å². The minimum absolute atomic E-state index is 0.0395. The molecule has 8 nitrogen and oxygen atoms in total. The maximum Gasteiger partial charge on any atom is 0.194 e. The van der Waals surface area contributed by atoms with Gasteiger partial charge in [0.15, 0.2) is 20.8 Å². The molecule has 24 heavy (non-hydrogen) atoms. The van der Waals surface area contributed by atoms with Crippen LogP contribution in [0.1, 0.15) is 19.1 Å². The van der Waals surface area contributed by atoms with Crippen LogP contribution in [0.15, 0.2) is 24.5 Å². The summed E-state index contributed by atoms with van der Waals surface area (Å²) < 4.78 is 8.18. The van der Waals surface area contributed by atoms with E-state index in [1.165, 1.54) is 18.2 Å². The van der Waals surface area contributed by atoms with Crippen LogP contribution in [0.4, 0.5) is 11.5 Å². The van der Waals surface area contributed by atoms with E-state index in [4.69, 9.17) is 4.74 Å². The Balaban J connectivity index is 1.77. The van der Waals surface area contributed by atoms with Crippen LogP contribution in [0.5, 0.6) is 11.5 Å². The van der Waals surface area contributed by atoms with Crippen molar-refractivity contribution >= 4 is 45.3 Å². The first kappa shape index (κ1) is 15.4. The van der Waals surface area contributed by atoms with E-state index in [9.17, 15) is 10.2 Å². The summed E-state index contributed by atoms with van der Waals surface area (Å²) in [6, 6.07) is 4.26. The maximum atomic E-state index is 9.62. The number of ether oxygens (including phenoxy) is 1. The lowest BCUT2D eigenvalue weighted by Gasteiger charge is -2.12. The van der Waals surface area contributed by atoms with Gasteiger partial charge in [-0.2, -0.15) is 0 Å². The number of hydrogen-bond acceptors (Lipinski definition) is 7. The maximum absolute atomic E-state index is 9.62. The van der Waals surface area contributed by atoms with Crippen molar-refractivity contribution in [1.29, 1.82) is 0 Å². The molecule has 0 amide bonds. The number of rotatable bonds is 3. The molecule has 0 bridgehead atoms. The SMILES string of the molecule is Oc1cc(O)cc(Nc2nc(I)nc3c2ncn3C2CCCO2)c1. The number of phenols is 2. The van der Waals surface area contributed by atoms with Gasteiger partial charge in [-0.25, -0.2) is 15.0 Å². The number of anilines is 2. The molecule has 9 heteroatoms. The molecule has 0 aliphatic carbocycles. The van der Waals surface area contributed by atoms with Gasteiger partial charge in [0.25, 0.3) is 0 Å². The summed E-state index contributed by atoms with van der Waals surface area (Å²) in [6.07, 6.45) is 3.59. The average molecular weight is 439 g/mol. The Morgan fingerprint density at radius 3 is 2.71 bits per heavy atom. The van der Waals surface area contributed by atoms with Gasteiger partial charge in [0.2, 0.25) is 0 Å². The van der Waals surface area contributed by atoms with Crippen molar-refractivity contribution in [2.75, 3.05) is 11.9 Å². The number of halogens is 1. The summed E-state index contributed by atoms with van der Waals surface area (Å²) >= 11 is 2.04. The molecule has 1 aliphatic rings. The van der Waals surface area contributed by atoms with Crippen LogP contribution in [-0.2, 0) is 4.74 Å². The van der Waals surface area contributed by atoms with Crippen molar-refractivity contribution in [2.24, 2.45) is 0 Å².